The maximum atomic E-state index is 12.3. The van der Waals surface area contributed by atoms with Crippen molar-refractivity contribution < 1.29 is 19.5 Å². The first-order chi connectivity index (χ1) is 12.5. The molecule has 2 aromatic rings. The van der Waals surface area contributed by atoms with Crippen molar-refractivity contribution >= 4 is 11.6 Å². The van der Waals surface area contributed by atoms with E-state index in [0.717, 1.165) is 11.1 Å². The van der Waals surface area contributed by atoms with Crippen LogP contribution in [0.5, 0.6) is 11.5 Å². The molecule has 7 heteroatoms. The van der Waals surface area contributed by atoms with Gasteiger partial charge in [0.25, 0.3) is 0 Å². The van der Waals surface area contributed by atoms with Crippen molar-refractivity contribution in [1.29, 1.82) is 0 Å². The molecule has 1 amide bonds. The second-order valence-corrected chi connectivity index (χ2v) is 6.10. The molecule has 1 heterocycles. The fourth-order valence-electron chi connectivity index (χ4n) is 3.51. The SMILES string of the molecule is COc1cc2c(cc1OC)[C@H](c1ccccc1N([O-])O)N(C(C)=O)CC2. The molecule has 2 aromatic carbocycles. The smallest absolute Gasteiger partial charge is 0.220 e. The zero-order chi connectivity index (χ0) is 18.8. The van der Waals surface area contributed by atoms with Crippen LogP contribution in [0.1, 0.15) is 29.7 Å². The summed E-state index contributed by atoms with van der Waals surface area (Å²) >= 11 is 0. The first-order valence-corrected chi connectivity index (χ1v) is 8.25. The number of para-hydroxylation sites is 1. The fraction of sp³-hybridized carbons (Fsp3) is 0.316. The molecule has 0 aromatic heterocycles. The standard InChI is InChI=1S/C19H21N2O5/c1-12(22)20-9-8-13-10-17(25-2)18(26-3)11-15(13)19(20)14-6-4-5-7-16(14)21(23)24/h4-7,10-11,19,23H,8-9H2,1-3H3/q-1/t19-/m0/s1. The van der Waals surface area contributed by atoms with E-state index < -0.39 is 6.04 Å². The lowest BCUT2D eigenvalue weighted by molar-refractivity contribution is -0.130. The highest BCUT2D eigenvalue weighted by atomic mass is 16.8. The minimum absolute atomic E-state index is 0.103. The summed E-state index contributed by atoms with van der Waals surface area (Å²) in [7, 11) is 3.12. The van der Waals surface area contributed by atoms with E-state index >= 15 is 0 Å². The Morgan fingerprint density at radius 3 is 2.46 bits per heavy atom. The molecule has 0 saturated carbocycles. The summed E-state index contributed by atoms with van der Waals surface area (Å²) in [6.07, 6.45) is 0.661. The van der Waals surface area contributed by atoms with Gasteiger partial charge in [-0.25, -0.2) is 0 Å². The molecule has 0 radical (unpaired) electrons. The highest BCUT2D eigenvalue weighted by Crippen LogP contribution is 2.43. The number of benzene rings is 2. The minimum atomic E-state index is -0.504. The third-order valence-corrected chi connectivity index (χ3v) is 4.72. The van der Waals surface area contributed by atoms with Crippen molar-refractivity contribution in [2.24, 2.45) is 0 Å². The van der Waals surface area contributed by atoms with Crippen LogP contribution in [0.4, 0.5) is 5.69 Å². The molecule has 0 saturated heterocycles. The van der Waals surface area contributed by atoms with E-state index in [1.54, 1.807) is 37.3 Å². The second-order valence-electron chi connectivity index (χ2n) is 6.10. The molecular weight excluding hydrogens is 336 g/mol. The Balaban J connectivity index is 2.23. The number of carbonyl (C=O) groups is 1. The van der Waals surface area contributed by atoms with Crippen LogP contribution < -0.4 is 14.7 Å². The van der Waals surface area contributed by atoms with E-state index in [2.05, 4.69) is 0 Å². The summed E-state index contributed by atoms with van der Waals surface area (Å²) in [5, 5.41) is 21.0. The van der Waals surface area contributed by atoms with Crippen LogP contribution in [0.25, 0.3) is 0 Å². The Kier molecular flexibility index (Phi) is 5.01. The third kappa shape index (κ3) is 3.07. The lowest BCUT2D eigenvalue weighted by Crippen LogP contribution is -2.39. The van der Waals surface area contributed by atoms with Gasteiger partial charge in [0, 0.05) is 19.0 Å². The molecule has 3 rings (SSSR count). The molecule has 138 valence electrons. The predicted molar refractivity (Wildman–Crippen MR) is 96.6 cm³/mol. The van der Waals surface area contributed by atoms with Crippen LogP contribution >= 0.6 is 0 Å². The Hall–Kier alpha value is -2.77. The van der Waals surface area contributed by atoms with E-state index in [4.69, 9.17) is 9.47 Å². The zero-order valence-electron chi connectivity index (χ0n) is 14.9. The second kappa shape index (κ2) is 7.23. The largest absolute Gasteiger partial charge is 0.733 e. The van der Waals surface area contributed by atoms with Gasteiger partial charge in [-0.15, -0.1) is 0 Å². The van der Waals surface area contributed by atoms with Crippen molar-refractivity contribution in [3.05, 3.63) is 58.3 Å². The number of methoxy groups -OCH3 is 2. The third-order valence-electron chi connectivity index (χ3n) is 4.72. The minimum Gasteiger partial charge on any atom is -0.733 e. The Morgan fingerprint density at radius 2 is 1.85 bits per heavy atom. The van der Waals surface area contributed by atoms with Crippen molar-refractivity contribution in [2.75, 3.05) is 26.0 Å². The Bertz CT molecular complexity index is 822. The zero-order valence-corrected chi connectivity index (χ0v) is 14.9. The fourth-order valence-corrected chi connectivity index (χ4v) is 3.51. The summed E-state index contributed by atoms with van der Waals surface area (Å²) in [6.45, 7) is 2.00. The molecule has 1 aliphatic heterocycles. The lowest BCUT2D eigenvalue weighted by atomic mass is 9.87. The number of hydrogen-bond donors (Lipinski definition) is 1. The number of nitrogens with zero attached hydrogens (tertiary/aromatic N) is 2. The number of anilines is 1. The van der Waals surface area contributed by atoms with Crippen molar-refractivity contribution in [3.8, 4) is 11.5 Å². The first kappa shape index (κ1) is 18.0. The number of ether oxygens (including phenoxy) is 2. The summed E-state index contributed by atoms with van der Waals surface area (Å²) in [6, 6.07) is 9.92. The lowest BCUT2D eigenvalue weighted by Gasteiger charge is -2.39. The molecule has 1 atom stereocenters. The summed E-state index contributed by atoms with van der Waals surface area (Å²) in [4.78, 5) is 14.0. The molecule has 1 aliphatic rings. The number of carbonyl (C=O) groups excluding carboxylic acids is 1. The van der Waals surface area contributed by atoms with E-state index in [-0.39, 0.29) is 16.8 Å². The van der Waals surface area contributed by atoms with E-state index in [1.165, 1.54) is 13.0 Å². The van der Waals surface area contributed by atoms with Gasteiger partial charge >= 0.3 is 0 Å². The summed E-state index contributed by atoms with van der Waals surface area (Å²) in [5.41, 5.74) is 2.51. The monoisotopic (exact) mass is 357 g/mol. The van der Waals surface area contributed by atoms with Gasteiger partial charge in [0.1, 0.15) is 0 Å². The van der Waals surface area contributed by atoms with Crippen molar-refractivity contribution in [2.45, 2.75) is 19.4 Å². The van der Waals surface area contributed by atoms with E-state index in [9.17, 15) is 15.2 Å². The van der Waals surface area contributed by atoms with Crippen LogP contribution in [0.2, 0.25) is 0 Å². The van der Waals surface area contributed by atoms with Crippen LogP contribution in [0.15, 0.2) is 36.4 Å². The molecular formula is C19H21N2O5-. The Labute approximate surface area is 151 Å². The van der Waals surface area contributed by atoms with Gasteiger partial charge in [-0.05, 0) is 35.7 Å². The number of rotatable bonds is 4. The van der Waals surface area contributed by atoms with Gasteiger partial charge in [0.15, 0.2) is 11.5 Å². The summed E-state index contributed by atoms with van der Waals surface area (Å²) in [5.74, 6) is 1.05. The van der Waals surface area contributed by atoms with Gasteiger partial charge in [-0.2, -0.15) is 0 Å². The van der Waals surface area contributed by atoms with E-state index in [1.807, 2.05) is 12.1 Å². The number of hydrogen-bond acceptors (Lipinski definition) is 6. The van der Waals surface area contributed by atoms with E-state index in [0.29, 0.717) is 30.0 Å². The summed E-state index contributed by atoms with van der Waals surface area (Å²) < 4.78 is 10.8. The average molecular weight is 357 g/mol. The maximum absolute atomic E-state index is 12.3. The quantitative estimate of drug-likeness (QED) is 0.847. The normalized spacial score (nSPS) is 16.0. The van der Waals surface area contributed by atoms with Gasteiger partial charge in [0.2, 0.25) is 5.91 Å². The Morgan fingerprint density at radius 1 is 1.19 bits per heavy atom. The molecule has 0 unspecified atom stereocenters. The van der Waals surface area contributed by atoms with Crippen LogP contribution in [-0.2, 0) is 11.2 Å². The highest BCUT2D eigenvalue weighted by Gasteiger charge is 2.33. The van der Waals surface area contributed by atoms with Crippen LogP contribution in [0, 0.1) is 5.21 Å². The molecule has 0 spiro atoms. The van der Waals surface area contributed by atoms with Gasteiger partial charge in [-0.1, -0.05) is 18.2 Å². The average Bonchev–Trinajstić information content (AvgIpc) is 2.65. The van der Waals surface area contributed by atoms with Crippen molar-refractivity contribution in [1.82, 2.24) is 4.90 Å². The molecule has 1 N–H and O–H groups in total. The number of fused-ring (bicyclic) bond motifs is 1. The van der Waals surface area contributed by atoms with Gasteiger partial charge < -0.3 is 24.8 Å². The molecule has 0 bridgehead atoms. The van der Waals surface area contributed by atoms with Crippen molar-refractivity contribution in [3.63, 3.8) is 0 Å². The van der Waals surface area contributed by atoms with Crippen LogP contribution in [0.3, 0.4) is 0 Å². The molecule has 0 aliphatic carbocycles. The van der Waals surface area contributed by atoms with Gasteiger partial charge in [-0.3, -0.25) is 10.0 Å². The first-order valence-electron chi connectivity index (χ1n) is 8.25. The van der Waals surface area contributed by atoms with Crippen LogP contribution in [-0.4, -0.2) is 36.8 Å². The number of amides is 1. The maximum Gasteiger partial charge on any atom is 0.220 e. The topological polar surface area (TPSA) is 85.3 Å². The molecule has 0 fully saturated rings. The highest BCUT2D eigenvalue weighted by molar-refractivity contribution is 5.76. The molecule has 7 nitrogen and oxygen atoms in total. The molecule has 26 heavy (non-hydrogen) atoms. The predicted octanol–water partition coefficient (Wildman–Crippen LogP) is 2.89. The van der Waals surface area contributed by atoms with Gasteiger partial charge in [0.05, 0.1) is 25.9 Å².